The van der Waals surface area contributed by atoms with E-state index in [1.165, 1.54) is 5.56 Å². The van der Waals surface area contributed by atoms with Crippen LogP contribution in [0.3, 0.4) is 0 Å². The number of rotatable bonds is 4. The molecule has 0 aliphatic rings. The fraction of sp³-hybridized carbons (Fsp3) is 0.333. The molecule has 0 saturated carbocycles. The Labute approximate surface area is 100 Å². The molecule has 0 saturated heterocycles. The van der Waals surface area contributed by atoms with Crippen LogP contribution >= 0.6 is 0 Å². The first kappa shape index (κ1) is 11.8. The van der Waals surface area contributed by atoms with Gasteiger partial charge in [0.2, 0.25) is 0 Å². The van der Waals surface area contributed by atoms with Crippen LogP contribution in [-0.2, 0) is 0 Å². The lowest BCUT2D eigenvalue weighted by Crippen LogP contribution is -2.29. The third-order valence-electron chi connectivity index (χ3n) is 2.83. The summed E-state index contributed by atoms with van der Waals surface area (Å²) in [6, 6.07) is 8.23. The number of nitrogens with zero attached hydrogens (tertiary/aromatic N) is 2. The molecule has 1 aromatic carbocycles. The second-order valence-electron chi connectivity index (χ2n) is 4.32. The van der Waals surface area contributed by atoms with E-state index in [1.54, 1.807) is 6.20 Å². The van der Waals surface area contributed by atoms with Crippen molar-refractivity contribution in [3.05, 3.63) is 47.3 Å². The van der Waals surface area contributed by atoms with Crippen molar-refractivity contribution >= 4 is 0 Å². The Balaban J connectivity index is 2.26. The molecule has 1 unspecified atom stereocenters. The van der Waals surface area contributed by atoms with E-state index >= 15 is 0 Å². The summed E-state index contributed by atoms with van der Waals surface area (Å²) in [6.07, 6.45) is 1.67. The van der Waals surface area contributed by atoms with Crippen LogP contribution in [0.15, 0.2) is 30.5 Å². The summed E-state index contributed by atoms with van der Waals surface area (Å²) in [7, 11) is 0. The van der Waals surface area contributed by atoms with E-state index in [0.717, 1.165) is 11.3 Å². The van der Waals surface area contributed by atoms with E-state index in [-0.39, 0.29) is 6.04 Å². The predicted octanol–water partition coefficient (Wildman–Crippen LogP) is 1.48. The van der Waals surface area contributed by atoms with Gasteiger partial charge in [-0.2, -0.15) is 15.4 Å². The molecule has 4 N–H and O–H groups in total. The molecule has 2 aromatic rings. The molecule has 5 nitrogen and oxygen atoms in total. The van der Waals surface area contributed by atoms with Gasteiger partial charge in [-0.1, -0.05) is 38.1 Å². The standard InChI is InChI=1S/C12H17N5/c1-8(2)9-3-5-10(6-4-9)12(15-13)11-7-14-17-16-11/h3-8,12,15H,13H2,1-2H3,(H,14,16,17). The molecule has 0 fully saturated rings. The molecule has 90 valence electrons. The highest BCUT2D eigenvalue weighted by Crippen LogP contribution is 2.21. The van der Waals surface area contributed by atoms with Gasteiger partial charge < -0.3 is 0 Å². The zero-order valence-corrected chi connectivity index (χ0v) is 10.0. The summed E-state index contributed by atoms with van der Waals surface area (Å²) < 4.78 is 0. The highest BCUT2D eigenvalue weighted by atomic mass is 15.3. The van der Waals surface area contributed by atoms with Crippen molar-refractivity contribution in [1.29, 1.82) is 0 Å². The summed E-state index contributed by atoms with van der Waals surface area (Å²) in [5, 5.41) is 10.4. The van der Waals surface area contributed by atoms with Crippen molar-refractivity contribution in [3.8, 4) is 0 Å². The molecule has 1 atom stereocenters. The normalized spacial score (nSPS) is 12.9. The number of hydrazine groups is 1. The number of benzene rings is 1. The lowest BCUT2D eigenvalue weighted by Gasteiger charge is -2.14. The van der Waals surface area contributed by atoms with E-state index in [1.807, 2.05) is 0 Å². The minimum Gasteiger partial charge on any atom is -0.271 e. The Bertz CT molecular complexity index is 446. The van der Waals surface area contributed by atoms with Crippen LogP contribution in [0, 0.1) is 0 Å². The summed E-state index contributed by atoms with van der Waals surface area (Å²) >= 11 is 0. The maximum atomic E-state index is 5.56. The number of hydrogen-bond donors (Lipinski definition) is 3. The molecule has 2 rings (SSSR count). The van der Waals surface area contributed by atoms with Gasteiger partial charge in [-0.3, -0.25) is 5.84 Å². The Morgan fingerprint density at radius 2 is 1.82 bits per heavy atom. The SMILES string of the molecule is CC(C)c1ccc(C(NN)c2cn[nH]n2)cc1. The molecule has 5 heteroatoms. The number of nitrogens with one attached hydrogen (secondary N) is 2. The second kappa shape index (κ2) is 5.07. The van der Waals surface area contributed by atoms with Crippen LogP contribution in [0.1, 0.15) is 42.6 Å². The maximum absolute atomic E-state index is 5.56. The molecule has 1 aromatic heterocycles. The van der Waals surface area contributed by atoms with E-state index in [4.69, 9.17) is 5.84 Å². The van der Waals surface area contributed by atoms with Gasteiger partial charge in [-0.15, -0.1) is 0 Å². The van der Waals surface area contributed by atoms with Crippen molar-refractivity contribution in [2.45, 2.75) is 25.8 Å². The van der Waals surface area contributed by atoms with Gasteiger partial charge in [0.25, 0.3) is 0 Å². The van der Waals surface area contributed by atoms with E-state index < -0.39 is 0 Å². The van der Waals surface area contributed by atoms with Crippen molar-refractivity contribution in [2.24, 2.45) is 5.84 Å². The van der Waals surface area contributed by atoms with Crippen LogP contribution in [0.4, 0.5) is 0 Å². The van der Waals surface area contributed by atoms with Gasteiger partial charge in [-0.05, 0) is 17.0 Å². The number of H-pyrrole nitrogens is 1. The number of aromatic nitrogens is 3. The van der Waals surface area contributed by atoms with E-state index in [2.05, 4.69) is 58.9 Å². The van der Waals surface area contributed by atoms with Gasteiger partial charge in [0, 0.05) is 0 Å². The molecular weight excluding hydrogens is 214 g/mol. The second-order valence-corrected chi connectivity index (χ2v) is 4.32. The average molecular weight is 231 g/mol. The fourth-order valence-electron chi connectivity index (χ4n) is 1.78. The third-order valence-corrected chi connectivity index (χ3v) is 2.83. The Morgan fingerprint density at radius 1 is 1.18 bits per heavy atom. The molecule has 0 aliphatic heterocycles. The first-order valence-corrected chi connectivity index (χ1v) is 5.64. The Kier molecular flexibility index (Phi) is 3.51. The molecule has 1 heterocycles. The molecule has 0 radical (unpaired) electrons. The third kappa shape index (κ3) is 2.51. The number of hydrogen-bond acceptors (Lipinski definition) is 4. The minimum atomic E-state index is -0.130. The van der Waals surface area contributed by atoms with Crippen LogP contribution in [0.25, 0.3) is 0 Å². The van der Waals surface area contributed by atoms with Crippen molar-refractivity contribution < 1.29 is 0 Å². The molecule has 0 amide bonds. The molecule has 0 aliphatic carbocycles. The summed E-state index contributed by atoms with van der Waals surface area (Å²) in [5.74, 6) is 6.09. The Morgan fingerprint density at radius 3 is 2.29 bits per heavy atom. The van der Waals surface area contributed by atoms with Crippen LogP contribution in [0.2, 0.25) is 0 Å². The summed E-state index contributed by atoms with van der Waals surface area (Å²) in [4.78, 5) is 0. The van der Waals surface area contributed by atoms with Crippen molar-refractivity contribution in [2.75, 3.05) is 0 Å². The summed E-state index contributed by atoms with van der Waals surface area (Å²) in [5.41, 5.74) is 5.91. The zero-order valence-electron chi connectivity index (χ0n) is 10.0. The monoisotopic (exact) mass is 231 g/mol. The van der Waals surface area contributed by atoms with Gasteiger partial charge in [0.1, 0.15) is 5.69 Å². The molecular formula is C12H17N5. The zero-order chi connectivity index (χ0) is 12.3. The largest absolute Gasteiger partial charge is 0.271 e. The van der Waals surface area contributed by atoms with E-state index in [0.29, 0.717) is 5.92 Å². The van der Waals surface area contributed by atoms with E-state index in [9.17, 15) is 0 Å². The molecule has 0 bridgehead atoms. The number of aromatic amines is 1. The van der Waals surface area contributed by atoms with Gasteiger partial charge in [0.05, 0.1) is 12.2 Å². The van der Waals surface area contributed by atoms with Crippen molar-refractivity contribution in [1.82, 2.24) is 20.8 Å². The quantitative estimate of drug-likeness (QED) is 0.550. The highest BCUT2D eigenvalue weighted by molar-refractivity contribution is 5.30. The topological polar surface area (TPSA) is 79.6 Å². The van der Waals surface area contributed by atoms with Crippen LogP contribution in [-0.4, -0.2) is 15.4 Å². The average Bonchev–Trinajstić information content (AvgIpc) is 2.84. The van der Waals surface area contributed by atoms with Crippen LogP contribution < -0.4 is 11.3 Å². The predicted molar refractivity (Wildman–Crippen MR) is 66.1 cm³/mol. The minimum absolute atomic E-state index is 0.130. The number of nitrogens with two attached hydrogens (primary N) is 1. The maximum Gasteiger partial charge on any atom is 0.105 e. The van der Waals surface area contributed by atoms with Gasteiger partial charge >= 0.3 is 0 Å². The van der Waals surface area contributed by atoms with Crippen molar-refractivity contribution in [3.63, 3.8) is 0 Å². The molecule has 0 spiro atoms. The first-order valence-electron chi connectivity index (χ1n) is 5.64. The van der Waals surface area contributed by atoms with Crippen LogP contribution in [0.5, 0.6) is 0 Å². The smallest absolute Gasteiger partial charge is 0.105 e. The lowest BCUT2D eigenvalue weighted by molar-refractivity contribution is 0.618. The highest BCUT2D eigenvalue weighted by Gasteiger charge is 2.14. The lowest BCUT2D eigenvalue weighted by atomic mass is 9.98. The fourth-order valence-corrected chi connectivity index (χ4v) is 1.78. The molecule has 17 heavy (non-hydrogen) atoms. The summed E-state index contributed by atoms with van der Waals surface area (Å²) in [6.45, 7) is 4.34. The first-order chi connectivity index (χ1) is 8.22. The van der Waals surface area contributed by atoms with Gasteiger partial charge in [-0.25, -0.2) is 5.43 Å². The van der Waals surface area contributed by atoms with Gasteiger partial charge in [0.15, 0.2) is 0 Å². The Hall–Kier alpha value is -1.72.